The second-order valence-electron chi connectivity index (χ2n) is 2.83. The van der Waals surface area contributed by atoms with Gasteiger partial charge in [-0.15, -0.1) is 0 Å². The van der Waals surface area contributed by atoms with Crippen LogP contribution >= 0.6 is 0 Å². The Labute approximate surface area is 78.0 Å². The molecule has 0 aliphatic heterocycles. The number of nitrogens with zero attached hydrogens (tertiary/aromatic N) is 2. The molecule has 0 bridgehead atoms. The summed E-state index contributed by atoms with van der Waals surface area (Å²) < 4.78 is 48.8. The second-order valence-corrected chi connectivity index (χ2v) is 2.83. The normalized spacial score (nSPS) is 11.9. The van der Waals surface area contributed by atoms with E-state index in [-0.39, 0.29) is 17.0 Å². The predicted octanol–water partition coefficient (Wildman–Crippen LogP) is 2.58. The minimum Gasteiger partial charge on any atom is -0.246 e. The van der Waals surface area contributed by atoms with Gasteiger partial charge in [-0.05, 0) is 13.8 Å². The lowest BCUT2D eigenvalue weighted by Gasteiger charge is -2.09. The monoisotopic (exact) mass is 208 g/mol. The van der Waals surface area contributed by atoms with Crippen LogP contribution in [0.25, 0.3) is 0 Å². The summed E-state index contributed by atoms with van der Waals surface area (Å²) in [5.41, 5.74) is 0.192. The van der Waals surface area contributed by atoms with E-state index in [0.717, 1.165) is 0 Å². The van der Waals surface area contributed by atoms with E-state index in [2.05, 4.69) is 9.97 Å². The molecule has 0 atom stereocenters. The Kier molecular flexibility index (Phi) is 2.73. The standard InChI is InChI=1S/C8H8F4N2/c1-4-6(3-9)5(2)14-7(13-4)8(10,11)12/h3H2,1-2H3. The number of aromatic nitrogens is 2. The molecule has 1 aromatic heterocycles. The molecule has 0 radical (unpaired) electrons. The molecule has 14 heavy (non-hydrogen) atoms. The quantitative estimate of drug-likeness (QED) is 0.663. The van der Waals surface area contributed by atoms with Crippen molar-refractivity contribution in [3.05, 3.63) is 22.8 Å². The molecule has 0 aromatic carbocycles. The maximum atomic E-state index is 12.3. The fourth-order valence-corrected chi connectivity index (χ4v) is 1.06. The topological polar surface area (TPSA) is 25.8 Å². The summed E-state index contributed by atoms with van der Waals surface area (Å²) >= 11 is 0. The first kappa shape index (κ1) is 10.9. The first-order valence-electron chi connectivity index (χ1n) is 3.83. The highest BCUT2D eigenvalue weighted by atomic mass is 19.4. The van der Waals surface area contributed by atoms with Gasteiger partial charge in [0.05, 0.1) is 0 Å². The number of hydrogen-bond acceptors (Lipinski definition) is 2. The lowest BCUT2D eigenvalue weighted by Crippen LogP contribution is -2.14. The highest BCUT2D eigenvalue weighted by Gasteiger charge is 2.35. The molecule has 0 saturated heterocycles. The maximum absolute atomic E-state index is 12.3. The Morgan fingerprint density at radius 3 is 1.79 bits per heavy atom. The average Bonchev–Trinajstić information content (AvgIpc) is 2.01. The summed E-state index contributed by atoms with van der Waals surface area (Å²) in [7, 11) is 0. The van der Waals surface area contributed by atoms with E-state index in [9.17, 15) is 17.6 Å². The Morgan fingerprint density at radius 1 is 1.07 bits per heavy atom. The summed E-state index contributed by atoms with van der Waals surface area (Å²) in [6.07, 6.45) is -4.58. The molecular formula is C8H8F4N2. The van der Waals surface area contributed by atoms with Crippen molar-refractivity contribution in [3.8, 4) is 0 Å². The van der Waals surface area contributed by atoms with Crippen LogP contribution < -0.4 is 0 Å². The summed E-state index contributed by atoms with van der Waals surface area (Å²) in [5.74, 6) is -1.22. The van der Waals surface area contributed by atoms with Crippen molar-refractivity contribution in [2.24, 2.45) is 0 Å². The van der Waals surface area contributed by atoms with Crippen molar-refractivity contribution >= 4 is 0 Å². The Bertz CT molecular complexity index is 323. The zero-order chi connectivity index (χ0) is 10.9. The Morgan fingerprint density at radius 2 is 1.50 bits per heavy atom. The van der Waals surface area contributed by atoms with E-state index < -0.39 is 18.7 Å². The molecule has 0 N–H and O–H groups in total. The van der Waals surface area contributed by atoms with Gasteiger partial charge >= 0.3 is 6.18 Å². The smallest absolute Gasteiger partial charge is 0.246 e. The van der Waals surface area contributed by atoms with Crippen LogP contribution in [0.3, 0.4) is 0 Å². The lowest BCUT2D eigenvalue weighted by atomic mass is 10.2. The van der Waals surface area contributed by atoms with Crippen LogP contribution in [0, 0.1) is 13.8 Å². The van der Waals surface area contributed by atoms with Crippen molar-refractivity contribution in [1.82, 2.24) is 9.97 Å². The van der Waals surface area contributed by atoms with Crippen LogP contribution in [-0.4, -0.2) is 9.97 Å². The molecule has 0 unspecified atom stereocenters. The van der Waals surface area contributed by atoms with Gasteiger partial charge in [0.2, 0.25) is 5.82 Å². The number of hydrogen-bond donors (Lipinski definition) is 0. The summed E-state index contributed by atoms with van der Waals surface area (Å²) in [6.45, 7) is 1.81. The van der Waals surface area contributed by atoms with E-state index in [0.29, 0.717) is 0 Å². The van der Waals surface area contributed by atoms with Crippen molar-refractivity contribution in [2.45, 2.75) is 26.7 Å². The zero-order valence-electron chi connectivity index (χ0n) is 7.61. The van der Waals surface area contributed by atoms with Gasteiger partial charge in [0, 0.05) is 17.0 Å². The first-order chi connectivity index (χ1) is 6.36. The van der Waals surface area contributed by atoms with Crippen molar-refractivity contribution in [3.63, 3.8) is 0 Å². The van der Waals surface area contributed by atoms with E-state index in [4.69, 9.17) is 0 Å². The molecule has 78 valence electrons. The van der Waals surface area contributed by atoms with Crippen LogP contribution in [-0.2, 0) is 12.9 Å². The number of halogens is 4. The third kappa shape index (κ3) is 2.00. The molecule has 0 saturated carbocycles. The van der Waals surface area contributed by atoms with Gasteiger partial charge in [-0.25, -0.2) is 14.4 Å². The van der Waals surface area contributed by atoms with Gasteiger partial charge in [-0.1, -0.05) is 0 Å². The molecule has 0 fully saturated rings. The molecule has 0 spiro atoms. The molecule has 2 nitrogen and oxygen atoms in total. The largest absolute Gasteiger partial charge is 0.451 e. The van der Waals surface area contributed by atoms with E-state index >= 15 is 0 Å². The molecule has 1 rings (SSSR count). The van der Waals surface area contributed by atoms with Crippen molar-refractivity contribution < 1.29 is 17.6 Å². The fourth-order valence-electron chi connectivity index (χ4n) is 1.06. The Hall–Kier alpha value is -1.20. The van der Waals surface area contributed by atoms with Gasteiger partial charge < -0.3 is 0 Å². The van der Waals surface area contributed by atoms with Crippen LogP contribution in [0.15, 0.2) is 0 Å². The van der Waals surface area contributed by atoms with Crippen LogP contribution in [0.2, 0.25) is 0 Å². The molecule has 1 heterocycles. The van der Waals surface area contributed by atoms with Crippen LogP contribution in [0.5, 0.6) is 0 Å². The number of alkyl halides is 4. The third-order valence-corrected chi connectivity index (χ3v) is 1.81. The molecule has 0 aliphatic carbocycles. The van der Waals surface area contributed by atoms with Gasteiger partial charge in [-0.3, -0.25) is 0 Å². The SMILES string of the molecule is Cc1nc(C(F)(F)F)nc(C)c1CF. The third-order valence-electron chi connectivity index (χ3n) is 1.81. The van der Waals surface area contributed by atoms with Crippen LogP contribution in [0.1, 0.15) is 22.8 Å². The first-order valence-corrected chi connectivity index (χ1v) is 3.83. The zero-order valence-corrected chi connectivity index (χ0v) is 7.61. The predicted molar refractivity (Wildman–Crippen MR) is 41.3 cm³/mol. The molecule has 1 aromatic rings. The van der Waals surface area contributed by atoms with Crippen LogP contribution in [0.4, 0.5) is 17.6 Å². The summed E-state index contributed by atoms with van der Waals surface area (Å²) in [5, 5.41) is 0. The Balaban J connectivity index is 3.28. The second kappa shape index (κ2) is 3.51. The highest BCUT2D eigenvalue weighted by molar-refractivity contribution is 5.23. The van der Waals surface area contributed by atoms with E-state index in [1.807, 2.05) is 0 Å². The highest BCUT2D eigenvalue weighted by Crippen LogP contribution is 2.27. The summed E-state index contributed by atoms with van der Waals surface area (Å²) in [4.78, 5) is 6.40. The summed E-state index contributed by atoms with van der Waals surface area (Å²) in [6, 6.07) is 0. The minimum atomic E-state index is -4.58. The molecular weight excluding hydrogens is 200 g/mol. The molecule has 6 heteroatoms. The van der Waals surface area contributed by atoms with Crippen molar-refractivity contribution in [1.29, 1.82) is 0 Å². The maximum Gasteiger partial charge on any atom is 0.451 e. The molecule has 0 aliphatic rings. The van der Waals surface area contributed by atoms with E-state index in [1.165, 1.54) is 13.8 Å². The van der Waals surface area contributed by atoms with Gasteiger partial charge in [-0.2, -0.15) is 13.2 Å². The van der Waals surface area contributed by atoms with Crippen molar-refractivity contribution in [2.75, 3.05) is 0 Å². The lowest BCUT2D eigenvalue weighted by molar-refractivity contribution is -0.145. The minimum absolute atomic E-state index is 0.0346. The number of aryl methyl sites for hydroxylation is 2. The fraction of sp³-hybridized carbons (Fsp3) is 0.500. The number of rotatable bonds is 1. The van der Waals surface area contributed by atoms with Gasteiger partial charge in [0.25, 0.3) is 0 Å². The molecule has 0 amide bonds. The van der Waals surface area contributed by atoms with Gasteiger partial charge in [0.15, 0.2) is 0 Å². The van der Waals surface area contributed by atoms with E-state index in [1.54, 1.807) is 0 Å². The average molecular weight is 208 g/mol. The van der Waals surface area contributed by atoms with Gasteiger partial charge in [0.1, 0.15) is 6.67 Å².